The summed E-state index contributed by atoms with van der Waals surface area (Å²) >= 11 is 0. The molecule has 0 unspecified atom stereocenters. The van der Waals surface area contributed by atoms with Crippen LogP contribution in [-0.4, -0.2) is 24.1 Å². The highest BCUT2D eigenvalue weighted by Crippen LogP contribution is 2.17. The molecule has 5 heteroatoms. The second kappa shape index (κ2) is 5.03. The van der Waals surface area contributed by atoms with E-state index in [1.54, 1.807) is 0 Å². The number of rotatable bonds is 2. The smallest absolute Gasteiger partial charge is 0.227 e. The summed E-state index contributed by atoms with van der Waals surface area (Å²) < 4.78 is 17.7. The Labute approximate surface area is 92.8 Å². The maximum Gasteiger partial charge on any atom is 0.227 e. The minimum Gasteiger partial charge on any atom is -0.381 e. The number of aromatic nitrogens is 1. The van der Waals surface area contributed by atoms with Crippen molar-refractivity contribution in [2.24, 2.45) is 5.92 Å². The second-order valence-corrected chi connectivity index (χ2v) is 3.75. The molecule has 0 aromatic carbocycles. The molecule has 0 radical (unpaired) electrons. The van der Waals surface area contributed by atoms with Crippen molar-refractivity contribution in [3.63, 3.8) is 0 Å². The van der Waals surface area contributed by atoms with Crippen LogP contribution in [0.5, 0.6) is 0 Å². The Morgan fingerprint density at radius 3 is 2.81 bits per heavy atom. The summed E-state index contributed by atoms with van der Waals surface area (Å²) in [6.07, 6.45) is 2.79. The number of hydrogen-bond acceptors (Lipinski definition) is 3. The summed E-state index contributed by atoms with van der Waals surface area (Å²) in [5.74, 6) is -0.612. The van der Waals surface area contributed by atoms with Gasteiger partial charge in [-0.05, 0) is 25.0 Å². The fourth-order valence-electron chi connectivity index (χ4n) is 1.65. The second-order valence-electron chi connectivity index (χ2n) is 3.75. The fourth-order valence-corrected chi connectivity index (χ4v) is 1.65. The van der Waals surface area contributed by atoms with Gasteiger partial charge >= 0.3 is 0 Å². The van der Waals surface area contributed by atoms with E-state index >= 15 is 0 Å². The highest BCUT2D eigenvalue weighted by Gasteiger charge is 2.21. The van der Waals surface area contributed by atoms with Gasteiger partial charge in [0.15, 0.2) is 0 Å². The van der Waals surface area contributed by atoms with Gasteiger partial charge in [0.2, 0.25) is 11.9 Å². The molecule has 0 aliphatic carbocycles. The van der Waals surface area contributed by atoms with Gasteiger partial charge in [0.1, 0.15) is 0 Å². The molecule has 1 aromatic rings. The zero-order valence-corrected chi connectivity index (χ0v) is 8.78. The van der Waals surface area contributed by atoms with Crippen LogP contribution in [0.1, 0.15) is 12.8 Å². The number of halogens is 1. The van der Waals surface area contributed by atoms with Gasteiger partial charge in [-0.3, -0.25) is 4.79 Å². The number of hydrogen-bond donors (Lipinski definition) is 1. The molecule has 2 rings (SSSR count). The number of anilines is 1. The largest absolute Gasteiger partial charge is 0.381 e. The lowest BCUT2D eigenvalue weighted by Crippen LogP contribution is -2.28. The number of carbonyl (C=O) groups is 1. The SMILES string of the molecule is O=C(Nc1ccc(F)nc1)C1CCOCC1. The summed E-state index contributed by atoms with van der Waals surface area (Å²) in [6.45, 7) is 1.25. The maximum absolute atomic E-state index is 12.5. The molecule has 0 spiro atoms. The number of pyridine rings is 1. The Morgan fingerprint density at radius 1 is 1.44 bits per heavy atom. The van der Waals surface area contributed by atoms with E-state index in [1.807, 2.05) is 0 Å². The van der Waals surface area contributed by atoms with Crippen LogP contribution in [0, 0.1) is 11.9 Å². The molecule has 4 nitrogen and oxygen atoms in total. The van der Waals surface area contributed by atoms with Crippen molar-refractivity contribution in [2.45, 2.75) is 12.8 Å². The van der Waals surface area contributed by atoms with Gasteiger partial charge in [-0.25, -0.2) is 4.98 Å². The lowest BCUT2D eigenvalue weighted by molar-refractivity contribution is -0.122. The van der Waals surface area contributed by atoms with Gasteiger partial charge in [0.05, 0.1) is 11.9 Å². The van der Waals surface area contributed by atoms with Crippen LogP contribution in [0.15, 0.2) is 18.3 Å². The summed E-state index contributed by atoms with van der Waals surface area (Å²) in [7, 11) is 0. The fraction of sp³-hybridized carbons (Fsp3) is 0.455. The minimum atomic E-state index is -0.552. The molecule has 1 aliphatic heterocycles. The Hall–Kier alpha value is -1.49. The molecule has 1 aliphatic rings. The average molecular weight is 224 g/mol. The molecule has 0 bridgehead atoms. The summed E-state index contributed by atoms with van der Waals surface area (Å²) in [5, 5.41) is 2.72. The Bertz CT molecular complexity index is 361. The maximum atomic E-state index is 12.5. The lowest BCUT2D eigenvalue weighted by Gasteiger charge is -2.21. The van der Waals surface area contributed by atoms with Crippen molar-refractivity contribution in [1.82, 2.24) is 4.98 Å². The van der Waals surface area contributed by atoms with Gasteiger partial charge in [-0.2, -0.15) is 4.39 Å². The van der Waals surface area contributed by atoms with Crippen LogP contribution >= 0.6 is 0 Å². The van der Waals surface area contributed by atoms with E-state index in [0.29, 0.717) is 18.9 Å². The van der Waals surface area contributed by atoms with Crippen molar-refractivity contribution in [1.29, 1.82) is 0 Å². The van der Waals surface area contributed by atoms with Crippen LogP contribution in [0.2, 0.25) is 0 Å². The molecule has 1 aromatic heterocycles. The van der Waals surface area contributed by atoms with Crippen molar-refractivity contribution in [2.75, 3.05) is 18.5 Å². The van der Waals surface area contributed by atoms with E-state index < -0.39 is 5.95 Å². The highest BCUT2D eigenvalue weighted by molar-refractivity contribution is 5.92. The molecule has 1 fully saturated rings. The summed E-state index contributed by atoms with van der Waals surface area (Å²) in [5.41, 5.74) is 0.526. The monoisotopic (exact) mass is 224 g/mol. The van der Waals surface area contributed by atoms with Crippen molar-refractivity contribution >= 4 is 11.6 Å². The number of amides is 1. The predicted octanol–water partition coefficient (Wildman–Crippen LogP) is 1.59. The predicted molar refractivity (Wildman–Crippen MR) is 56.4 cm³/mol. The number of carbonyl (C=O) groups excluding carboxylic acids is 1. The normalized spacial score (nSPS) is 17.1. The first kappa shape index (κ1) is 11.0. The van der Waals surface area contributed by atoms with E-state index in [0.717, 1.165) is 12.8 Å². The summed E-state index contributed by atoms with van der Waals surface area (Å²) in [4.78, 5) is 15.2. The molecule has 86 valence electrons. The van der Waals surface area contributed by atoms with Gasteiger partial charge < -0.3 is 10.1 Å². The minimum absolute atomic E-state index is 0.0150. The highest BCUT2D eigenvalue weighted by atomic mass is 19.1. The first-order valence-corrected chi connectivity index (χ1v) is 5.26. The molecule has 2 heterocycles. The zero-order valence-electron chi connectivity index (χ0n) is 8.78. The van der Waals surface area contributed by atoms with E-state index in [2.05, 4.69) is 10.3 Å². The molecule has 1 saturated heterocycles. The number of nitrogens with one attached hydrogen (secondary N) is 1. The van der Waals surface area contributed by atoms with Crippen LogP contribution in [0.25, 0.3) is 0 Å². The van der Waals surface area contributed by atoms with E-state index in [-0.39, 0.29) is 11.8 Å². The molecule has 0 saturated carbocycles. The van der Waals surface area contributed by atoms with Crippen molar-refractivity contribution in [3.8, 4) is 0 Å². The number of nitrogens with zero attached hydrogens (tertiary/aromatic N) is 1. The van der Waals surface area contributed by atoms with Crippen LogP contribution < -0.4 is 5.32 Å². The van der Waals surface area contributed by atoms with Gasteiger partial charge in [0.25, 0.3) is 0 Å². The first-order valence-electron chi connectivity index (χ1n) is 5.26. The third kappa shape index (κ3) is 2.76. The average Bonchev–Trinajstić information content (AvgIpc) is 2.33. The zero-order chi connectivity index (χ0) is 11.4. The standard InChI is InChI=1S/C11H13FN2O2/c12-10-2-1-9(7-13-10)14-11(15)8-3-5-16-6-4-8/h1-2,7-8H,3-6H2,(H,14,15). The molecule has 0 atom stereocenters. The third-order valence-electron chi connectivity index (χ3n) is 2.59. The van der Waals surface area contributed by atoms with Crippen molar-refractivity contribution < 1.29 is 13.9 Å². The van der Waals surface area contributed by atoms with Gasteiger partial charge in [-0.15, -0.1) is 0 Å². The Balaban J connectivity index is 1.93. The molecule has 1 N–H and O–H groups in total. The third-order valence-corrected chi connectivity index (χ3v) is 2.59. The molecular weight excluding hydrogens is 211 g/mol. The number of ether oxygens (including phenoxy) is 1. The molecule has 16 heavy (non-hydrogen) atoms. The molecule has 1 amide bonds. The first-order chi connectivity index (χ1) is 7.75. The van der Waals surface area contributed by atoms with E-state index in [1.165, 1.54) is 18.3 Å². The summed E-state index contributed by atoms with van der Waals surface area (Å²) in [6, 6.07) is 2.72. The Morgan fingerprint density at radius 2 is 2.19 bits per heavy atom. The Kier molecular flexibility index (Phi) is 3.46. The van der Waals surface area contributed by atoms with Crippen LogP contribution in [0.4, 0.5) is 10.1 Å². The van der Waals surface area contributed by atoms with Gasteiger partial charge in [-0.1, -0.05) is 0 Å². The van der Waals surface area contributed by atoms with Gasteiger partial charge in [0, 0.05) is 19.1 Å². The topological polar surface area (TPSA) is 51.2 Å². The van der Waals surface area contributed by atoms with E-state index in [4.69, 9.17) is 4.74 Å². The van der Waals surface area contributed by atoms with E-state index in [9.17, 15) is 9.18 Å². The quantitative estimate of drug-likeness (QED) is 0.776. The van der Waals surface area contributed by atoms with Crippen LogP contribution in [-0.2, 0) is 9.53 Å². The lowest BCUT2D eigenvalue weighted by atomic mass is 9.99. The molecular formula is C11H13FN2O2. The van der Waals surface area contributed by atoms with Crippen molar-refractivity contribution in [3.05, 3.63) is 24.3 Å². The van der Waals surface area contributed by atoms with Crippen LogP contribution in [0.3, 0.4) is 0 Å².